The molecule has 1 aromatic rings. The summed E-state index contributed by atoms with van der Waals surface area (Å²) in [7, 11) is -1.31. The highest BCUT2D eigenvalue weighted by molar-refractivity contribution is 6.78. The number of esters is 1. The first-order valence-electron chi connectivity index (χ1n) is 6.80. The van der Waals surface area contributed by atoms with Gasteiger partial charge in [-0.2, -0.15) is 0 Å². The third-order valence-electron chi connectivity index (χ3n) is 3.10. The highest BCUT2D eigenvalue weighted by Gasteiger charge is 2.25. The molecule has 3 heteroatoms. The Morgan fingerprint density at radius 3 is 2.26 bits per heavy atom. The number of allylic oxidation sites excluding steroid dienone is 2. The van der Waals surface area contributed by atoms with Gasteiger partial charge in [0.05, 0.1) is 20.2 Å². The zero-order valence-electron chi connectivity index (χ0n) is 12.6. The summed E-state index contributed by atoms with van der Waals surface area (Å²) in [4.78, 5) is 11.6. The topological polar surface area (TPSA) is 26.3 Å². The monoisotopic (exact) mass is 276 g/mol. The van der Waals surface area contributed by atoms with Crippen LogP contribution in [0.4, 0.5) is 0 Å². The molecule has 0 heterocycles. The van der Waals surface area contributed by atoms with Gasteiger partial charge in [0.25, 0.3) is 0 Å². The molecule has 0 fully saturated rings. The van der Waals surface area contributed by atoms with Crippen LogP contribution in [0.3, 0.4) is 0 Å². The molecule has 0 N–H and O–H groups in total. The van der Waals surface area contributed by atoms with Crippen molar-refractivity contribution in [3.05, 3.63) is 47.5 Å². The highest BCUT2D eigenvalue weighted by atomic mass is 28.3. The van der Waals surface area contributed by atoms with Crippen LogP contribution in [0.1, 0.15) is 35.3 Å². The number of hydrogen-bond donors (Lipinski definition) is 0. The van der Waals surface area contributed by atoms with Crippen molar-refractivity contribution in [2.24, 2.45) is 0 Å². The molecule has 0 radical (unpaired) electrons. The van der Waals surface area contributed by atoms with Crippen LogP contribution in [0.2, 0.25) is 19.6 Å². The lowest BCUT2D eigenvalue weighted by Crippen LogP contribution is -2.29. The van der Waals surface area contributed by atoms with Crippen molar-refractivity contribution < 1.29 is 9.53 Å². The Kier molecular flexibility index (Phi) is 5.55. The van der Waals surface area contributed by atoms with Crippen LogP contribution in [0.25, 0.3) is 0 Å². The lowest BCUT2D eigenvalue weighted by atomic mass is 10.1. The number of hydrogen-bond acceptors (Lipinski definition) is 2. The molecule has 1 unspecified atom stereocenters. The standard InChI is InChI=1S/C16H24O2Si/c1-6-8-15(19(3,4)5)13-9-11-14(12-10-13)16(17)18-7-2/h6,8-12,15H,7H2,1-5H3/b8-6+. The molecule has 0 bridgehead atoms. The van der Waals surface area contributed by atoms with Gasteiger partial charge in [0.1, 0.15) is 0 Å². The second-order valence-corrected chi connectivity index (χ2v) is 11.1. The van der Waals surface area contributed by atoms with E-state index in [9.17, 15) is 4.79 Å². The minimum absolute atomic E-state index is 0.246. The number of carbonyl (C=O) groups is 1. The van der Waals surface area contributed by atoms with Crippen molar-refractivity contribution in [2.45, 2.75) is 39.0 Å². The minimum atomic E-state index is -1.31. The fourth-order valence-corrected chi connectivity index (χ4v) is 4.10. The van der Waals surface area contributed by atoms with Crippen LogP contribution < -0.4 is 0 Å². The van der Waals surface area contributed by atoms with E-state index in [1.54, 1.807) is 0 Å². The van der Waals surface area contributed by atoms with E-state index in [1.165, 1.54) is 5.56 Å². The zero-order chi connectivity index (χ0) is 14.5. The lowest BCUT2D eigenvalue weighted by molar-refractivity contribution is 0.0526. The molecule has 0 aliphatic carbocycles. The van der Waals surface area contributed by atoms with Gasteiger partial charge < -0.3 is 4.74 Å². The normalized spacial score (nSPS) is 13.5. The van der Waals surface area contributed by atoms with Gasteiger partial charge in [-0.15, -0.1) is 0 Å². The van der Waals surface area contributed by atoms with Gasteiger partial charge in [-0.25, -0.2) is 4.79 Å². The molecule has 0 aromatic heterocycles. The van der Waals surface area contributed by atoms with Gasteiger partial charge in [-0.05, 0) is 37.1 Å². The molecule has 104 valence electrons. The summed E-state index contributed by atoms with van der Waals surface area (Å²) in [6.07, 6.45) is 4.38. The largest absolute Gasteiger partial charge is 0.462 e. The van der Waals surface area contributed by atoms with E-state index in [4.69, 9.17) is 4.74 Å². The molecular formula is C16H24O2Si. The average Bonchev–Trinajstić information content (AvgIpc) is 2.35. The van der Waals surface area contributed by atoms with Crippen molar-refractivity contribution >= 4 is 14.0 Å². The van der Waals surface area contributed by atoms with Crippen LogP contribution in [-0.4, -0.2) is 20.7 Å². The fraction of sp³-hybridized carbons (Fsp3) is 0.438. The van der Waals surface area contributed by atoms with E-state index in [-0.39, 0.29) is 5.97 Å². The quantitative estimate of drug-likeness (QED) is 0.452. The number of benzene rings is 1. The maximum atomic E-state index is 11.6. The van der Waals surface area contributed by atoms with Gasteiger partial charge in [0, 0.05) is 0 Å². The lowest BCUT2D eigenvalue weighted by Gasteiger charge is -2.26. The van der Waals surface area contributed by atoms with E-state index < -0.39 is 8.07 Å². The van der Waals surface area contributed by atoms with Crippen molar-refractivity contribution in [2.75, 3.05) is 6.61 Å². The number of carbonyl (C=O) groups excluding carboxylic acids is 1. The average molecular weight is 276 g/mol. The maximum absolute atomic E-state index is 11.6. The summed E-state index contributed by atoms with van der Waals surface area (Å²) in [5.41, 5.74) is 2.39. The van der Waals surface area contributed by atoms with Gasteiger partial charge in [0.15, 0.2) is 0 Å². The Morgan fingerprint density at radius 1 is 1.26 bits per heavy atom. The Hall–Kier alpha value is -1.35. The maximum Gasteiger partial charge on any atom is 0.338 e. The SMILES string of the molecule is C/C=C/C(c1ccc(C(=O)OCC)cc1)[Si](C)(C)C. The van der Waals surface area contributed by atoms with Crippen molar-refractivity contribution in [1.29, 1.82) is 0 Å². The molecule has 0 saturated heterocycles. The number of ether oxygens (including phenoxy) is 1. The smallest absolute Gasteiger partial charge is 0.338 e. The first-order chi connectivity index (χ1) is 8.90. The Bertz CT molecular complexity index is 441. The molecule has 2 nitrogen and oxygen atoms in total. The third kappa shape index (κ3) is 4.35. The summed E-state index contributed by atoms with van der Waals surface area (Å²) < 4.78 is 5.00. The molecule has 1 rings (SSSR count). The predicted molar refractivity (Wildman–Crippen MR) is 83.3 cm³/mol. The molecule has 0 aliphatic rings. The molecular weight excluding hydrogens is 252 g/mol. The van der Waals surface area contributed by atoms with Gasteiger partial charge >= 0.3 is 5.97 Å². The highest BCUT2D eigenvalue weighted by Crippen LogP contribution is 2.28. The van der Waals surface area contributed by atoms with Crippen LogP contribution in [0.5, 0.6) is 0 Å². The van der Waals surface area contributed by atoms with Crippen LogP contribution in [0, 0.1) is 0 Å². The summed E-state index contributed by atoms with van der Waals surface area (Å²) in [6.45, 7) is 11.4. The summed E-state index contributed by atoms with van der Waals surface area (Å²) in [5.74, 6) is -0.246. The van der Waals surface area contributed by atoms with E-state index in [0.717, 1.165) is 0 Å². The number of rotatable bonds is 5. The second-order valence-electron chi connectivity index (χ2n) is 5.71. The van der Waals surface area contributed by atoms with E-state index in [0.29, 0.717) is 17.7 Å². The predicted octanol–water partition coefficient (Wildman–Crippen LogP) is 4.40. The fourth-order valence-electron chi connectivity index (χ4n) is 2.13. The molecule has 0 saturated carbocycles. The van der Waals surface area contributed by atoms with Crippen LogP contribution in [-0.2, 0) is 4.74 Å². The van der Waals surface area contributed by atoms with Crippen molar-refractivity contribution in [1.82, 2.24) is 0 Å². The van der Waals surface area contributed by atoms with Gasteiger partial charge in [-0.1, -0.05) is 43.9 Å². The van der Waals surface area contributed by atoms with Gasteiger partial charge in [-0.3, -0.25) is 0 Å². The van der Waals surface area contributed by atoms with Crippen LogP contribution in [0.15, 0.2) is 36.4 Å². The molecule has 1 atom stereocenters. The molecule has 0 spiro atoms. The molecule has 0 amide bonds. The molecule has 19 heavy (non-hydrogen) atoms. The van der Waals surface area contributed by atoms with E-state index in [2.05, 4.69) is 50.8 Å². The van der Waals surface area contributed by atoms with Gasteiger partial charge in [0.2, 0.25) is 0 Å². The van der Waals surface area contributed by atoms with Crippen LogP contribution >= 0.6 is 0 Å². The van der Waals surface area contributed by atoms with Crippen molar-refractivity contribution in [3.63, 3.8) is 0 Å². The minimum Gasteiger partial charge on any atom is -0.462 e. The van der Waals surface area contributed by atoms with E-state index in [1.807, 2.05) is 19.1 Å². The second kappa shape index (κ2) is 6.71. The molecule has 1 aromatic carbocycles. The Balaban J connectivity index is 2.99. The summed E-state index contributed by atoms with van der Waals surface area (Å²) in [6, 6.07) is 7.83. The van der Waals surface area contributed by atoms with E-state index >= 15 is 0 Å². The first kappa shape index (κ1) is 15.7. The Labute approximate surface area is 117 Å². The summed E-state index contributed by atoms with van der Waals surface area (Å²) >= 11 is 0. The summed E-state index contributed by atoms with van der Waals surface area (Å²) in [5, 5.41) is 0. The molecule has 0 aliphatic heterocycles. The van der Waals surface area contributed by atoms with Crippen molar-refractivity contribution in [3.8, 4) is 0 Å². The first-order valence-corrected chi connectivity index (χ1v) is 10.4. The Morgan fingerprint density at radius 2 is 1.84 bits per heavy atom. The zero-order valence-corrected chi connectivity index (χ0v) is 13.6. The third-order valence-corrected chi connectivity index (χ3v) is 5.49.